The average Bonchev–Trinajstić information content (AvgIpc) is 3.31. The second-order valence-electron chi connectivity index (χ2n) is 18.0. The Balaban J connectivity index is 3.83. The van der Waals surface area contributed by atoms with Crippen LogP contribution in [0.4, 0.5) is 0 Å². The fraction of sp³-hybridized carbons (Fsp3) is 0.764. The van der Waals surface area contributed by atoms with Gasteiger partial charge in [0.1, 0.15) is 12.7 Å². The van der Waals surface area contributed by atoms with Crippen molar-refractivity contribution in [3.63, 3.8) is 0 Å². The zero-order valence-electron chi connectivity index (χ0n) is 42.4. The van der Waals surface area contributed by atoms with Gasteiger partial charge in [0.15, 0.2) is 6.04 Å². The van der Waals surface area contributed by atoms with Crippen molar-refractivity contribution in [2.75, 3.05) is 19.8 Å². The molecule has 0 aromatic carbocycles. The third-order valence-electron chi connectivity index (χ3n) is 11.6. The lowest BCUT2D eigenvalue weighted by Crippen LogP contribution is -2.43. The lowest BCUT2D eigenvalue weighted by atomic mass is 10.0. The van der Waals surface area contributed by atoms with Crippen molar-refractivity contribution in [1.29, 1.82) is 0 Å². The van der Waals surface area contributed by atoms with E-state index in [4.69, 9.17) is 13.8 Å². The molecule has 3 atom stereocenters. The summed E-state index contributed by atoms with van der Waals surface area (Å²) in [7, 11) is -4.77. The average molecular weight is 964 g/mol. The topological polar surface area (TPSA) is 169 Å². The third-order valence-corrected chi connectivity index (χ3v) is 12.5. The first kappa shape index (κ1) is 64.2. The number of ether oxygens (including phenoxy) is 1. The summed E-state index contributed by atoms with van der Waals surface area (Å²) in [5.41, 5.74) is 0. The van der Waals surface area contributed by atoms with Gasteiger partial charge < -0.3 is 25.2 Å². The molecule has 3 unspecified atom stereocenters. The van der Waals surface area contributed by atoms with Crippen molar-refractivity contribution in [3.8, 4) is 0 Å². The molecule has 0 aromatic heterocycles. The Morgan fingerprint density at radius 3 is 1.30 bits per heavy atom. The molecular formula is C55H98NO10P. The van der Waals surface area contributed by atoms with Gasteiger partial charge in [0.05, 0.1) is 13.2 Å². The number of carboxylic acid groups (broad SMARTS) is 1. The Morgan fingerprint density at radius 1 is 0.493 bits per heavy atom. The van der Waals surface area contributed by atoms with Gasteiger partial charge in [0.2, 0.25) is 5.91 Å². The van der Waals surface area contributed by atoms with Crippen LogP contribution in [0, 0.1) is 0 Å². The molecule has 0 aliphatic heterocycles. The summed E-state index contributed by atoms with van der Waals surface area (Å²) >= 11 is 0. The maximum Gasteiger partial charge on any atom is 0.472 e. The van der Waals surface area contributed by atoms with E-state index in [9.17, 15) is 34.1 Å². The summed E-state index contributed by atoms with van der Waals surface area (Å²) in [5, 5.41) is 21.9. The summed E-state index contributed by atoms with van der Waals surface area (Å²) in [5.74, 6) is -2.39. The highest BCUT2D eigenvalue weighted by molar-refractivity contribution is 7.47. The van der Waals surface area contributed by atoms with Crippen LogP contribution in [0.25, 0.3) is 0 Å². The molecule has 0 radical (unpaired) electrons. The number of nitrogens with one attached hydrogen (secondary N) is 1. The van der Waals surface area contributed by atoms with Gasteiger partial charge in [-0.05, 0) is 57.8 Å². The van der Waals surface area contributed by atoms with E-state index in [1.165, 1.54) is 116 Å². The standard InChI is InChI=1S/C55H98NO10P/c1-3-5-7-9-11-13-15-17-19-21-23-25-27-29-31-33-35-37-39-41-43-45-47-54(59)64-48-51(57)49-65-67(62,63)66-50-52(55(60)61)56-53(58)46-44-42-40-38-36-34-32-30-28-26-24-22-20-18-16-14-12-10-8-6-4-2/h6,8,12,14,18,20,24,26,30,32,51-52,57H,3-5,7,9-11,13,15-17,19,21-23,25,27-29,31,33-50H2,1-2H3,(H,56,58)(H,60,61)(H,62,63)/b8-6-,14-12-,20-18-,26-24-,32-30-. The lowest BCUT2D eigenvalue weighted by Gasteiger charge is -2.18. The fourth-order valence-corrected chi connectivity index (χ4v) is 8.23. The maximum atomic E-state index is 12.4. The quantitative estimate of drug-likeness (QED) is 0.0199. The second kappa shape index (κ2) is 49.6. The van der Waals surface area contributed by atoms with Gasteiger partial charge in [-0.25, -0.2) is 9.36 Å². The molecule has 11 nitrogen and oxygen atoms in total. The Bertz CT molecular complexity index is 1360. The molecule has 0 heterocycles. The first-order valence-electron chi connectivity index (χ1n) is 26.8. The minimum absolute atomic E-state index is 0.121. The fourth-order valence-electron chi connectivity index (χ4n) is 7.46. The molecular weight excluding hydrogens is 866 g/mol. The number of carbonyl (C=O) groups excluding carboxylic acids is 2. The summed E-state index contributed by atoms with van der Waals surface area (Å²) in [6.45, 7) is 2.51. The minimum Gasteiger partial charge on any atom is -0.480 e. The highest BCUT2D eigenvalue weighted by Gasteiger charge is 2.28. The summed E-state index contributed by atoms with van der Waals surface area (Å²) in [6.07, 6.45) is 59.6. The number of phosphoric acid groups is 1. The molecule has 388 valence electrons. The molecule has 0 fully saturated rings. The summed E-state index contributed by atoms with van der Waals surface area (Å²) in [4.78, 5) is 46.2. The normalized spacial score (nSPS) is 14.0. The predicted molar refractivity (Wildman–Crippen MR) is 277 cm³/mol. The van der Waals surface area contributed by atoms with Crippen LogP contribution in [0.5, 0.6) is 0 Å². The first-order valence-corrected chi connectivity index (χ1v) is 28.3. The van der Waals surface area contributed by atoms with Crippen LogP contribution in [-0.4, -0.2) is 64.9 Å². The van der Waals surface area contributed by atoms with Crippen LogP contribution in [0.3, 0.4) is 0 Å². The summed E-state index contributed by atoms with van der Waals surface area (Å²) in [6, 6.07) is -1.56. The van der Waals surface area contributed by atoms with Crippen LogP contribution < -0.4 is 5.32 Å². The van der Waals surface area contributed by atoms with Gasteiger partial charge in [-0.2, -0.15) is 0 Å². The van der Waals surface area contributed by atoms with E-state index in [0.29, 0.717) is 12.8 Å². The molecule has 0 aromatic rings. The van der Waals surface area contributed by atoms with Crippen molar-refractivity contribution >= 4 is 25.7 Å². The number of amides is 1. The minimum atomic E-state index is -4.77. The van der Waals surface area contributed by atoms with E-state index < -0.39 is 57.6 Å². The van der Waals surface area contributed by atoms with E-state index in [0.717, 1.165) is 83.5 Å². The molecule has 1 amide bonds. The number of esters is 1. The molecule has 0 bridgehead atoms. The van der Waals surface area contributed by atoms with E-state index in [-0.39, 0.29) is 12.8 Å². The number of unbranched alkanes of at least 4 members (excludes halogenated alkanes) is 26. The van der Waals surface area contributed by atoms with E-state index >= 15 is 0 Å². The number of hydrogen-bond donors (Lipinski definition) is 4. The Hall–Kier alpha value is -2.82. The molecule has 0 aliphatic carbocycles. The highest BCUT2D eigenvalue weighted by atomic mass is 31.2. The zero-order chi connectivity index (χ0) is 49.2. The monoisotopic (exact) mass is 964 g/mol. The van der Waals surface area contributed by atoms with E-state index in [1.807, 2.05) is 0 Å². The Labute approximate surface area is 408 Å². The molecule has 0 aliphatic rings. The predicted octanol–water partition coefficient (Wildman–Crippen LogP) is 15.1. The number of carboxylic acids is 1. The van der Waals surface area contributed by atoms with Gasteiger partial charge in [0, 0.05) is 12.8 Å². The van der Waals surface area contributed by atoms with Crippen molar-refractivity contribution < 1.29 is 47.8 Å². The van der Waals surface area contributed by atoms with Gasteiger partial charge in [-0.3, -0.25) is 18.6 Å². The molecule has 67 heavy (non-hydrogen) atoms. The number of rotatable bonds is 50. The third kappa shape index (κ3) is 49.4. The lowest BCUT2D eigenvalue weighted by molar-refractivity contribution is -0.147. The number of hydrogen-bond acceptors (Lipinski definition) is 8. The number of aliphatic hydroxyl groups excluding tert-OH is 1. The van der Waals surface area contributed by atoms with Crippen molar-refractivity contribution in [2.45, 2.75) is 251 Å². The summed E-state index contributed by atoms with van der Waals surface area (Å²) < 4.78 is 27.0. The van der Waals surface area contributed by atoms with Crippen molar-refractivity contribution in [1.82, 2.24) is 5.32 Å². The zero-order valence-corrected chi connectivity index (χ0v) is 43.3. The molecule has 4 N–H and O–H groups in total. The van der Waals surface area contributed by atoms with Crippen LogP contribution in [0.2, 0.25) is 0 Å². The van der Waals surface area contributed by atoms with Gasteiger partial charge in [-0.15, -0.1) is 0 Å². The molecule has 0 saturated carbocycles. The molecule has 0 spiro atoms. The number of phosphoric ester groups is 1. The number of allylic oxidation sites excluding steroid dienone is 10. The van der Waals surface area contributed by atoms with Gasteiger partial charge >= 0.3 is 19.8 Å². The highest BCUT2D eigenvalue weighted by Crippen LogP contribution is 2.43. The molecule has 12 heteroatoms. The number of aliphatic hydroxyl groups is 1. The van der Waals surface area contributed by atoms with Crippen LogP contribution in [-0.2, 0) is 32.7 Å². The van der Waals surface area contributed by atoms with Crippen molar-refractivity contribution in [2.24, 2.45) is 0 Å². The van der Waals surface area contributed by atoms with Crippen LogP contribution in [0.1, 0.15) is 239 Å². The van der Waals surface area contributed by atoms with Gasteiger partial charge in [-0.1, -0.05) is 229 Å². The Morgan fingerprint density at radius 2 is 0.866 bits per heavy atom. The number of carbonyl (C=O) groups is 3. The molecule has 0 saturated heterocycles. The first-order chi connectivity index (χ1) is 32.6. The smallest absolute Gasteiger partial charge is 0.472 e. The maximum absolute atomic E-state index is 12.4. The van der Waals surface area contributed by atoms with Crippen LogP contribution >= 0.6 is 7.82 Å². The SMILES string of the molecule is CC/C=C\C/C=C\C/C=C\C/C=C\C/C=C\CCCCCCCC(=O)NC(COP(=O)(O)OCC(O)COC(=O)CCCCCCCCCCCCCCCCCCCCCCCC)C(=O)O. The van der Waals surface area contributed by atoms with Crippen LogP contribution in [0.15, 0.2) is 60.8 Å². The van der Waals surface area contributed by atoms with Crippen molar-refractivity contribution in [3.05, 3.63) is 60.8 Å². The Kier molecular flexibility index (Phi) is 47.5. The van der Waals surface area contributed by atoms with E-state index in [2.05, 4.69) is 79.9 Å². The number of aliphatic carboxylic acids is 1. The van der Waals surface area contributed by atoms with Gasteiger partial charge in [0.25, 0.3) is 0 Å². The largest absolute Gasteiger partial charge is 0.480 e. The molecule has 0 rings (SSSR count). The van der Waals surface area contributed by atoms with E-state index in [1.54, 1.807) is 0 Å². The second-order valence-corrected chi connectivity index (χ2v) is 19.5.